The van der Waals surface area contributed by atoms with Crippen molar-refractivity contribution in [1.29, 1.82) is 0 Å². The molecule has 0 atom stereocenters. The van der Waals surface area contributed by atoms with E-state index in [-0.39, 0.29) is 28.5 Å². The van der Waals surface area contributed by atoms with Crippen LogP contribution in [-0.2, 0) is 23.9 Å². The summed E-state index contributed by atoms with van der Waals surface area (Å²) < 4.78 is 20.0. The molecule has 0 aromatic heterocycles. The number of carboxylic acid groups (broad SMARTS) is 1. The molecule has 1 N–H and O–H groups in total. The molecule has 0 spiro atoms. The van der Waals surface area contributed by atoms with Crippen molar-refractivity contribution in [2.75, 3.05) is 6.79 Å². The van der Waals surface area contributed by atoms with Crippen LogP contribution < -0.4 is 9.47 Å². The second kappa shape index (κ2) is 12.3. The lowest BCUT2D eigenvalue weighted by molar-refractivity contribution is -0.147. The highest BCUT2D eigenvalue weighted by Gasteiger charge is 2.30. The number of rotatable bonds is 9. The second-order valence-electron chi connectivity index (χ2n) is 7.96. The largest absolute Gasteiger partial charge is 0.481 e. The molecule has 0 aliphatic heterocycles. The summed E-state index contributed by atoms with van der Waals surface area (Å²) in [4.78, 5) is 58.6. The summed E-state index contributed by atoms with van der Waals surface area (Å²) in [5.41, 5.74) is 0.320. The van der Waals surface area contributed by atoms with Crippen molar-refractivity contribution in [1.82, 2.24) is 0 Å². The average Bonchev–Trinajstić information content (AvgIpc) is 2.89. The zero-order valence-corrected chi connectivity index (χ0v) is 19.2. The zero-order chi connectivity index (χ0) is 26.1. The standard InChI is InChI=1S/C26H24O10/c1-2-22(27)33-15-34-24(30)17-7-9-19(10-8-17)26(32)36-21-13-11-20(12-14-21)35-25(31)18-5-3-16(4-6-18)23(28)29/h2,7-14,16,18H,1,3-6,15H2,(H,28,29). The van der Waals surface area contributed by atoms with E-state index >= 15 is 0 Å². The lowest BCUT2D eigenvalue weighted by Crippen LogP contribution is -2.28. The minimum absolute atomic E-state index is 0.142. The molecule has 0 saturated heterocycles. The number of hydrogen-bond donors (Lipinski definition) is 1. The van der Waals surface area contributed by atoms with E-state index in [4.69, 9.17) is 19.3 Å². The molecule has 188 valence electrons. The Morgan fingerprint density at radius 1 is 0.750 bits per heavy atom. The molecule has 2 aromatic carbocycles. The molecule has 1 aliphatic carbocycles. The fourth-order valence-electron chi connectivity index (χ4n) is 3.54. The fraction of sp³-hybridized carbons (Fsp3) is 0.269. The summed E-state index contributed by atoms with van der Waals surface area (Å²) in [7, 11) is 0. The average molecular weight is 496 g/mol. The van der Waals surface area contributed by atoms with Crippen LogP contribution in [-0.4, -0.2) is 41.7 Å². The van der Waals surface area contributed by atoms with Gasteiger partial charge < -0.3 is 24.1 Å². The first-order valence-corrected chi connectivity index (χ1v) is 11.1. The lowest BCUT2D eigenvalue weighted by Gasteiger charge is -2.24. The van der Waals surface area contributed by atoms with Crippen molar-refractivity contribution in [3.63, 3.8) is 0 Å². The summed E-state index contributed by atoms with van der Waals surface area (Å²) in [6, 6.07) is 11.4. The maximum Gasteiger partial charge on any atom is 0.343 e. The van der Waals surface area contributed by atoms with Gasteiger partial charge in [-0.05, 0) is 74.2 Å². The van der Waals surface area contributed by atoms with Gasteiger partial charge >= 0.3 is 29.8 Å². The van der Waals surface area contributed by atoms with Gasteiger partial charge in [0.05, 0.1) is 23.0 Å². The molecule has 3 rings (SSSR count). The molecule has 0 amide bonds. The fourth-order valence-corrected chi connectivity index (χ4v) is 3.54. The second-order valence-corrected chi connectivity index (χ2v) is 7.96. The van der Waals surface area contributed by atoms with Crippen LogP contribution in [0.25, 0.3) is 0 Å². The van der Waals surface area contributed by atoms with Gasteiger partial charge in [-0.3, -0.25) is 9.59 Å². The van der Waals surface area contributed by atoms with Gasteiger partial charge in [-0.1, -0.05) is 6.58 Å². The molecule has 10 nitrogen and oxygen atoms in total. The van der Waals surface area contributed by atoms with E-state index in [0.29, 0.717) is 25.7 Å². The minimum Gasteiger partial charge on any atom is -0.481 e. The smallest absolute Gasteiger partial charge is 0.343 e. The monoisotopic (exact) mass is 496 g/mol. The summed E-state index contributed by atoms with van der Waals surface area (Å²) in [5, 5.41) is 9.06. The predicted octanol–water partition coefficient (Wildman–Crippen LogP) is 3.55. The summed E-state index contributed by atoms with van der Waals surface area (Å²) in [5.74, 6) is -3.66. The molecule has 1 fully saturated rings. The highest BCUT2D eigenvalue weighted by molar-refractivity contribution is 5.94. The minimum atomic E-state index is -0.839. The molecule has 0 bridgehead atoms. The number of carbonyl (C=O) groups is 5. The highest BCUT2D eigenvalue weighted by Crippen LogP contribution is 2.30. The number of ether oxygens (including phenoxy) is 4. The molecule has 36 heavy (non-hydrogen) atoms. The maximum absolute atomic E-state index is 12.4. The third kappa shape index (κ3) is 7.26. The van der Waals surface area contributed by atoms with E-state index in [1.54, 1.807) is 0 Å². The molecule has 10 heteroatoms. The van der Waals surface area contributed by atoms with E-state index < -0.39 is 42.6 Å². The number of carbonyl (C=O) groups excluding carboxylic acids is 4. The number of aliphatic carboxylic acids is 1. The van der Waals surface area contributed by atoms with Crippen molar-refractivity contribution in [2.24, 2.45) is 11.8 Å². The Kier molecular flexibility index (Phi) is 8.93. The van der Waals surface area contributed by atoms with Crippen LogP contribution in [0, 0.1) is 11.8 Å². The molecule has 2 aromatic rings. The third-order valence-corrected chi connectivity index (χ3v) is 5.58. The van der Waals surface area contributed by atoms with Gasteiger partial charge in [-0.2, -0.15) is 0 Å². The Labute approximate surface area is 206 Å². The summed E-state index contributed by atoms with van der Waals surface area (Å²) in [6.07, 6.45) is 2.75. The normalized spacial score (nSPS) is 16.8. The zero-order valence-electron chi connectivity index (χ0n) is 19.2. The Bertz CT molecular complexity index is 1130. The number of esters is 4. The van der Waals surface area contributed by atoms with Crippen LogP contribution in [0.1, 0.15) is 46.4 Å². The van der Waals surface area contributed by atoms with Crippen LogP contribution in [0.5, 0.6) is 11.5 Å². The van der Waals surface area contributed by atoms with E-state index in [2.05, 4.69) is 11.3 Å². The number of hydrogen-bond acceptors (Lipinski definition) is 9. The number of carboxylic acids is 1. The Hall–Kier alpha value is -4.47. The highest BCUT2D eigenvalue weighted by atomic mass is 16.7. The first-order valence-electron chi connectivity index (χ1n) is 11.1. The maximum atomic E-state index is 12.4. The van der Waals surface area contributed by atoms with Crippen molar-refractivity contribution in [2.45, 2.75) is 25.7 Å². The topological polar surface area (TPSA) is 142 Å². The summed E-state index contributed by atoms with van der Waals surface area (Å²) >= 11 is 0. The van der Waals surface area contributed by atoms with E-state index in [0.717, 1.165) is 6.08 Å². The molecular weight excluding hydrogens is 472 g/mol. The predicted molar refractivity (Wildman–Crippen MR) is 123 cm³/mol. The van der Waals surface area contributed by atoms with E-state index in [1.165, 1.54) is 48.5 Å². The van der Waals surface area contributed by atoms with Crippen LogP contribution in [0.4, 0.5) is 0 Å². The van der Waals surface area contributed by atoms with Crippen molar-refractivity contribution >= 4 is 29.8 Å². The van der Waals surface area contributed by atoms with Crippen molar-refractivity contribution in [3.8, 4) is 11.5 Å². The SMILES string of the molecule is C=CC(=O)OCOC(=O)c1ccc(C(=O)Oc2ccc(OC(=O)C3CCC(C(=O)O)CC3)cc2)cc1. The first kappa shape index (κ1) is 26.1. The van der Waals surface area contributed by atoms with E-state index in [9.17, 15) is 24.0 Å². The van der Waals surface area contributed by atoms with Crippen molar-refractivity contribution < 1.29 is 48.0 Å². The van der Waals surface area contributed by atoms with Crippen LogP contribution in [0.2, 0.25) is 0 Å². The van der Waals surface area contributed by atoms with Crippen LogP contribution >= 0.6 is 0 Å². The van der Waals surface area contributed by atoms with Gasteiger partial charge in [0.25, 0.3) is 0 Å². The first-order chi connectivity index (χ1) is 17.3. The van der Waals surface area contributed by atoms with E-state index in [1.807, 2.05) is 0 Å². The lowest BCUT2D eigenvalue weighted by atomic mass is 9.82. The van der Waals surface area contributed by atoms with Gasteiger partial charge in [0.15, 0.2) is 0 Å². The molecule has 0 radical (unpaired) electrons. The van der Waals surface area contributed by atoms with Gasteiger partial charge in [0.2, 0.25) is 6.79 Å². The Morgan fingerprint density at radius 2 is 1.25 bits per heavy atom. The van der Waals surface area contributed by atoms with Gasteiger partial charge in [-0.25, -0.2) is 14.4 Å². The molecule has 0 heterocycles. The van der Waals surface area contributed by atoms with Crippen LogP contribution in [0.3, 0.4) is 0 Å². The third-order valence-electron chi connectivity index (χ3n) is 5.58. The Balaban J connectivity index is 1.48. The molecule has 1 aliphatic rings. The van der Waals surface area contributed by atoms with Gasteiger partial charge in [0, 0.05) is 6.08 Å². The molecule has 0 unspecified atom stereocenters. The summed E-state index contributed by atoms with van der Waals surface area (Å²) in [6.45, 7) is 2.65. The molecular formula is C26H24O10. The quantitative estimate of drug-likeness (QED) is 0.237. The number of benzene rings is 2. The molecule has 1 saturated carbocycles. The van der Waals surface area contributed by atoms with Crippen LogP contribution in [0.15, 0.2) is 61.2 Å². The van der Waals surface area contributed by atoms with Gasteiger partial charge in [-0.15, -0.1) is 0 Å². The Morgan fingerprint density at radius 3 is 1.78 bits per heavy atom. The van der Waals surface area contributed by atoms with Crippen molar-refractivity contribution in [3.05, 3.63) is 72.3 Å². The van der Waals surface area contributed by atoms with Gasteiger partial charge in [0.1, 0.15) is 11.5 Å².